The number of likely N-dealkylation sites (tertiary alicyclic amines) is 1. The summed E-state index contributed by atoms with van der Waals surface area (Å²) in [5.41, 5.74) is 1.57. The number of thiol groups is 1. The summed E-state index contributed by atoms with van der Waals surface area (Å²) in [6.45, 7) is 1.29. The molecule has 0 spiro atoms. The minimum atomic E-state index is -3.17. The number of fused-ring (bicyclic) bond motifs is 1. The number of carbonyl (C=O) groups is 3. The van der Waals surface area contributed by atoms with E-state index in [1.54, 1.807) is 29.2 Å². The largest absolute Gasteiger partial charge is 0.344 e. The molecule has 34 heavy (non-hydrogen) atoms. The number of halogens is 1. The Morgan fingerprint density at radius 3 is 2.44 bits per heavy atom. The molecule has 0 radical (unpaired) electrons. The van der Waals surface area contributed by atoms with E-state index >= 15 is 0 Å². The van der Waals surface area contributed by atoms with Crippen LogP contribution in [0.4, 0.5) is 11.4 Å². The van der Waals surface area contributed by atoms with Crippen LogP contribution in [-0.2, 0) is 31.7 Å². The number of amides is 3. The summed E-state index contributed by atoms with van der Waals surface area (Å²) >= 11 is 2.20. The summed E-state index contributed by atoms with van der Waals surface area (Å²) in [5.74, 6) is -1.33. The first-order valence-corrected chi connectivity index (χ1v) is 13.2. The van der Waals surface area contributed by atoms with Crippen molar-refractivity contribution < 1.29 is 22.8 Å². The highest BCUT2D eigenvalue weighted by molar-refractivity contribution is 14.1. The van der Waals surface area contributed by atoms with Crippen LogP contribution in [0.5, 0.6) is 0 Å². The summed E-state index contributed by atoms with van der Waals surface area (Å²) < 4.78 is 26.0. The fourth-order valence-corrected chi connectivity index (χ4v) is 5.42. The molecule has 1 fully saturated rings. The standard InChI is InChI=1S/C23H25IN4O5S/c24-16-9-7-15(8-10-16)13-18(23(31)27-11-3-4-12-27)25-21(29)14-20-22(30)26-17-5-1-2-6-19(17)28(20)34(32)33/h1-2,5-10,18,20,34H,3-4,11-14H2,(H,25,29)(H,26,30)/t18-,20?/m1/s1. The van der Waals surface area contributed by atoms with Crippen molar-refractivity contribution in [2.75, 3.05) is 22.7 Å². The summed E-state index contributed by atoms with van der Waals surface area (Å²) in [5, 5.41) is 5.43. The van der Waals surface area contributed by atoms with E-state index < -0.39 is 41.2 Å². The van der Waals surface area contributed by atoms with Crippen LogP contribution in [0, 0.1) is 3.57 Å². The zero-order chi connectivity index (χ0) is 24.2. The summed E-state index contributed by atoms with van der Waals surface area (Å²) in [4.78, 5) is 40.6. The van der Waals surface area contributed by atoms with Crippen molar-refractivity contribution in [3.8, 4) is 0 Å². The van der Waals surface area contributed by atoms with Crippen LogP contribution in [0.3, 0.4) is 0 Å². The summed E-state index contributed by atoms with van der Waals surface area (Å²) in [6.07, 6.45) is 1.74. The van der Waals surface area contributed by atoms with Crippen LogP contribution in [0.15, 0.2) is 48.5 Å². The summed E-state index contributed by atoms with van der Waals surface area (Å²) in [7, 11) is -3.17. The molecule has 1 unspecified atom stereocenters. The lowest BCUT2D eigenvalue weighted by Gasteiger charge is -2.33. The van der Waals surface area contributed by atoms with Crippen molar-refractivity contribution in [3.63, 3.8) is 0 Å². The monoisotopic (exact) mass is 596 g/mol. The average molecular weight is 596 g/mol. The number of rotatable bonds is 7. The van der Waals surface area contributed by atoms with Gasteiger partial charge in [-0.2, -0.15) is 0 Å². The Bertz CT molecular complexity index is 1160. The lowest BCUT2D eigenvalue weighted by Crippen LogP contribution is -2.53. The van der Waals surface area contributed by atoms with Crippen molar-refractivity contribution in [1.29, 1.82) is 0 Å². The number of nitrogens with zero attached hydrogens (tertiary/aromatic N) is 2. The van der Waals surface area contributed by atoms with E-state index in [0.29, 0.717) is 30.9 Å². The Labute approximate surface area is 213 Å². The first kappa shape index (κ1) is 24.5. The van der Waals surface area contributed by atoms with Crippen LogP contribution < -0.4 is 14.9 Å². The lowest BCUT2D eigenvalue weighted by molar-refractivity contribution is -0.135. The predicted octanol–water partition coefficient (Wildman–Crippen LogP) is 1.68. The molecule has 2 aromatic rings. The van der Waals surface area contributed by atoms with E-state index in [-0.39, 0.29) is 5.91 Å². The van der Waals surface area contributed by atoms with Crippen LogP contribution >= 0.6 is 22.6 Å². The van der Waals surface area contributed by atoms with Crippen molar-refractivity contribution in [1.82, 2.24) is 10.2 Å². The normalized spacial score (nSPS) is 18.4. The molecule has 2 aliphatic heterocycles. The predicted molar refractivity (Wildman–Crippen MR) is 137 cm³/mol. The molecular weight excluding hydrogens is 571 g/mol. The Kier molecular flexibility index (Phi) is 7.71. The number of para-hydroxylation sites is 2. The Balaban J connectivity index is 1.53. The minimum Gasteiger partial charge on any atom is -0.344 e. The maximum absolute atomic E-state index is 13.2. The highest BCUT2D eigenvalue weighted by Crippen LogP contribution is 2.32. The highest BCUT2D eigenvalue weighted by atomic mass is 127. The number of hydrogen-bond donors (Lipinski definition) is 3. The smallest absolute Gasteiger partial charge is 0.248 e. The van der Waals surface area contributed by atoms with Gasteiger partial charge in [0.15, 0.2) is 0 Å². The summed E-state index contributed by atoms with van der Waals surface area (Å²) in [6, 6.07) is 12.1. The van der Waals surface area contributed by atoms with Gasteiger partial charge >= 0.3 is 0 Å². The van der Waals surface area contributed by atoms with Gasteiger partial charge in [-0.3, -0.25) is 18.7 Å². The molecule has 0 aliphatic carbocycles. The second kappa shape index (κ2) is 10.7. The van der Waals surface area contributed by atoms with Gasteiger partial charge in [-0.05, 0) is 65.3 Å². The zero-order valence-corrected chi connectivity index (χ0v) is 21.3. The molecule has 2 aromatic carbocycles. The number of hydrogen-bond acceptors (Lipinski definition) is 5. The third-order valence-electron chi connectivity index (χ3n) is 5.97. The molecule has 2 aliphatic rings. The van der Waals surface area contributed by atoms with Crippen molar-refractivity contribution in [2.45, 2.75) is 37.8 Å². The molecule has 2 atom stereocenters. The van der Waals surface area contributed by atoms with Gasteiger partial charge in [0, 0.05) is 23.1 Å². The second-order valence-electron chi connectivity index (χ2n) is 8.29. The Morgan fingerprint density at radius 2 is 1.76 bits per heavy atom. The van der Waals surface area contributed by atoms with Gasteiger partial charge in [0.25, 0.3) is 0 Å². The SMILES string of the molecule is O=C(CC1C(=O)Nc2ccccc2N1[SH](=O)=O)N[C@H](Cc1ccc(I)cc1)C(=O)N1CCCC1. The number of benzene rings is 2. The molecule has 2 heterocycles. The topological polar surface area (TPSA) is 116 Å². The molecule has 0 bridgehead atoms. The van der Waals surface area contributed by atoms with E-state index in [1.807, 2.05) is 24.3 Å². The van der Waals surface area contributed by atoms with E-state index in [9.17, 15) is 22.8 Å². The number of anilines is 2. The first-order chi connectivity index (χ1) is 16.3. The molecule has 0 saturated carbocycles. The number of nitrogens with one attached hydrogen (secondary N) is 2. The third kappa shape index (κ3) is 5.52. The van der Waals surface area contributed by atoms with Gasteiger partial charge in [0.1, 0.15) is 12.1 Å². The molecule has 180 valence electrons. The van der Waals surface area contributed by atoms with Crippen LogP contribution in [0.25, 0.3) is 0 Å². The van der Waals surface area contributed by atoms with E-state index in [4.69, 9.17) is 0 Å². The average Bonchev–Trinajstić information content (AvgIpc) is 3.35. The Morgan fingerprint density at radius 1 is 1.09 bits per heavy atom. The van der Waals surface area contributed by atoms with Crippen molar-refractivity contribution >= 4 is 62.6 Å². The van der Waals surface area contributed by atoms with Crippen molar-refractivity contribution in [2.24, 2.45) is 0 Å². The van der Waals surface area contributed by atoms with Gasteiger partial charge in [-0.15, -0.1) is 0 Å². The second-order valence-corrected chi connectivity index (χ2v) is 10.4. The van der Waals surface area contributed by atoms with E-state index in [1.165, 1.54) is 0 Å². The first-order valence-electron chi connectivity index (χ1n) is 11.0. The quantitative estimate of drug-likeness (QED) is 0.333. The third-order valence-corrected chi connectivity index (χ3v) is 7.53. The molecule has 4 rings (SSSR count). The molecule has 11 heteroatoms. The highest BCUT2D eigenvalue weighted by Gasteiger charge is 2.37. The van der Waals surface area contributed by atoms with Gasteiger partial charge in [0.05, 0.1) is 17.8 Å². The van der Waals surface area contributed by atoms with E-state index in [2.05, 4.69) is 33.2 Å². The van der Waals surface area contributed by atoms with Gasteiger partial charge in [-0.1, -0.05) is 24.3 Å². The zero-order valence-electron chi connectivity index (χ0n) is 18.3. The molecule has 9 nitrogen and oxygen atoms in total. The van der Waals surface area contributed by atoms with Gasteiger partial charge in [0.2, 0.25) is 28.6 Å². The van der Waals surface area contributed by atoms with Crippen LogP contribution in [0.2, 0.25) is 0 Å². The minimum absolute atomic E-state index is 0.172. The van der Waals surface area contributed by atoms with Crippen LogP contribution in [0.1, 0.15) is 24.8 Å². The van der Waals surface area contributed by atoms with Gasteiger partial charge in [-0.25, -0.2) is 8.42 Å². The van der Waals surface area contributed by atoms with E-state index in [0.717, 1.165) is 26.3 Å². The number of carbonyl (C=O) groups excluding carboxylic acids is 3. The maximum atomic E-state index is 13.2. The van der Waals surface area contributed by atoms with Crippen LogP contribution in [-0.4, -0.2) is 56.2 Å². The molecule has 1 saturated heterocycles. The molecule has 0 aromatic heterocycles. The molecule has 2 N–H and O–H groups in total. The fourth-order valence-electron chi connectivity index (χ4n) is 4.30. The lowest BCUT2D eigenvalue weighted by atomic mass is 10.0. The van der Waals surface area contributed by atoms with Crippen molar-refractivity contribution in [3.05, 3.63) is 57.7 Å². The Hall–Kier alpha value is -2.67. The molecule has 3 amide bonds. The molecular formula is C23H25IN4O5S. The van der Waals surface area contributed by atoms with Gasteiger partial charge < -0.3 is 15.5 Å². The maximum Gasteiger partial charge on any atom is 0.248 e. The fraction of sp³-hybridized carbons (Fsp3) is 0.348.